The Kier molecular flexibility index (Phi) is 8.83. The lowest BCUT2D eigenvalue weighted by atomic mass is 9.98. The van der Waals surface area contributed by atoms with E-state index in [1.54, 1.807) is 7.11 Å². The van der Waals surface area contributed by atoms with E-state index in [9.17, 15) is 14.4 Å². The molecule has 0 saturated carbocycles. The van der Waals surface area contributed by atoms with Gasteiger partial charge >= 0.3 is 12.1 Å². The van der Waals surface area contributed by atoms with Gasteiger partial charge in [0.05, 0.1) is 0 Å². The number of amides is 2. The SMILES string of the molecule is COCCCCNC(=O)C(CCC(=O)O)NC(=O)OCC1c2ccccc2-c2ccccc21. The van der Waals surface area contributed by atoms with E-state index >= 15 is 0 Å². The number of nitrogens with one attached hydrogen (secondary N) is 2. The fourth-order valence-corrected chi connectivity index (χ4v) is 4.03. The predicted molar refractivity (Wildman–Crippen MR) is 123 cm³/mol. The van der Waals surface area contributed by atoms with Gasteiger partial charge < -0.3 is 25.2 Å². The van der Waals surface area contributed by atoms with Crippen molar-refractivity contribution in [2.75, 3.05) is 26.9 Å². The van der Waals surface area contributed by atoms with Crippen molar-refractivity contribution < 1.29 is 29.0 Å². The molecule has 8 heteroatoms. The number of hydrogen-bond acceptors (Lipinski definition) is 5. The minimum absolute atomic E-state index is 0.0244. The summed E-state index contributed by atoms with van der Waals surface area (Å²) in [6.07, 6.45) is 0.489. The molecule has 3 N–H and O–H groups in total. The standard InChI is InChI=1S/C25H30N2O6/c1-32-15-7-6-14-26-24(30)22(12-13-23(28)29)27-25(31)33-16-21-19-10-4-2-8-17(19)18-9-3-5-11-20(18)21/h2-5,8-11,21-22H,6-7,12-16H2,1H3,(H,26,30)(H,27,31)(H,28,29). The van der Waals surface area contributed by atoms with Gasteiger partial charge in [0, 0.05) is 32.6 Å². The van der Waals surface area contributed by atoms with E-state index in [0.717, 1.165) is 35.1 Å². The molecular formula is C25H30N2O6. The summed E-state index contributed by atoms with van der Waals surface area (Å²) in [6, 6.07) is 15.0. The zero-order valence-electron chi connectivity index (χ0n) is 18.7. The fraction of sp³-hybridized carbons (Fsp3) is 0.400. The normalized spacial score (nSPS) is 13.0. The fourth-order valence-electron chi connectivity index (χ4n) is 4.03. The highest BCUT2D eigenvalue weighted by molar-refractivity contribution is 5.86. The van der Waals surface area contributed by atoms with Gasteiger partial charge in [-0.05, 0) is 41.5 Å². The Morgan fingerprint density at radius 3 is 2.24 bits per heavy atom. The first-order valence-corrected chi connectivity index (χ1v) is 11.1. The van der Waals surface area contributed by atoms with E-state index in [4.69, 9.17) is 14.6 Å². The third kappa shape index (κ3) is 6.55. The van der Waals surface area contributed by atoms with Gasteiger partial charge in [-0.2, -0.15) is 0 Å². The number of rotatable bonds is 12. The van der Waals surface area contributed by atoms with Crippen LogP contribution in [-0.2, 0) is 19.1 Å². The van der Waals surface area contributed by atoms with Crippen molar-refractivity contribution in [2.24, 2.45) is 0 Å². The zero-order valence-corrected chi connectivity index (χ0v) is 18.7. The third-order valence-corrected chi connectivity index (χ3v) is 5.67. The molecule has 0 fully saturated rings. The Morgan fingerprint density at radius 1 is 1.00 bits per heavy atom. The van der Waals surface area contributed by atoms with E-state index in [0.29, 0.717) is 13.2 Å². The number of aliphatic carboxylic acids is 1. The third-order valence-electron chi connectivity index (χ3n) is 5.67. The Hall–Kier alpha value is -3.39. The number of carbonyl (C=O) groups excluding carboxylic acids is 2. The number of carbonyl (C=O) groups is 3. The van der Waals surface area contributed by atoms with Crippen molar-refractivity contribution in [3.05, 3.63) is 59.7 Å². The first-order valence-electron chi connectivity index (χ1n) is 11.1. The van der Waals surface area contributed by atoms with E-state index < -0.39 is 24.0 Å². The molecule has 0 aromatic heterocycles. The molecule has 8 nitrogen and oxygen atoms in total. The van der Waals surface area contributed by atoms with Crippen molar-refractivity contribution in [3.8, 4) is 11.1 Å². The van der Waals surface area contributed by atoms with Crippen LogP contribution < -0.4 is 10.6 Å². The van der Waals surface area contributed by atoms with Crippen LogP contribution in [0.3, 0.4) is 0 Å². The number of fused-ring (bicyclic) bond motifs is 3. The Morgan fingerprint density at radius 2 is 1.64 bits per heavy atom. The molecule has 1 unspecified atom stereocenters. The molecule has 1 aliphatic rings. The number of benzene rings is 2. The average molecular weight is 455 g/mol. The second-order valence-corrected chi connectivity index (χ2v) is 7.95. The minimum Gasteiger partial charge on any atom is -0.481 e. The summed E-state index contributed by atoms with van der Waals surface area (Å²) in [5.74, 6) is -1.57. The number of hydrogen-bond donors (Lipinski definition) is 3. The molecule has 0 bridgehead atoms. The number of carboxylic acids is 1. The average Bonchev–Trinajstić information content (AvgIpc) is 3.13. The van der Waals surface area contributed by atoms with Crippen LogP contribution in [0.5, 0.6) is 0 Å². The maximum absolute atomic E-state index is 12.5. The van der Waals surface area contributed by atoms with Crippen molar-refractivity contribution >= 4 is 18.0 Å². The van der Waals surface area contributed by atoms with Gasteiger partial charge in [-0.1, -0.05) is 48.5 Å². The summed E-state index contributed by atoms with van der Waals surface area (Å²) < 4.78 is 10.5. The first-order chi connectivity index (χ1) is 16.0. The maximum atomic E-state index is 12.5. The van der Waals surface area contributed by atoms with Crippen LogP contribution >= 0.6 is 0 Å². The molecule has 176 valence electrons. The van der Waals surface area contributed by atoms with Crippen LogP contribution in [0.2, 0.25) is 0 Å². The van der Waals surface area contributed by atoms with E-state index in [2.05, 4.69) is 10.6 Å². The first kappa shape index (κ1) is 24.3. The van der Waals surface area contributed by atoms with Crippen molar-refractivity contribution in [1.29, 1.82) is 0 Å². The molecule has 0 saturated heterocycles. The number of methoxy groups -OCH3 is 1. The lowest BCUT2D eigenvalue weighted by molar-refractivity contribution is -0.137. The predicted octanol–water partition coefficient (Wildman–Crippen LogP) is 3.30. The van der Waals surface area contributed by atoms with Crippen molar-refractivity contribution in [1.82, 2.24) is 10.6 Å². The van der Waals surface area contributed by atoms with Gasteiger partial charge in [0.25, 0.3) is 0 Å². The quantitative estimate of drug-likeness (QED) is 0.424. The van der Waals surface area contributed by atoms with Crippen LogP contribution in [0.4, 0.5) is 4.79 Å². The molecule has 2 aromatic carbocycles. The highest BCUT2D eigenvalue weighted by Crippen LogP contribution is 2.44. The van der Waals surface area contributed by atoms with Gasteiger partial charge in [-0.25, -0.2) is 4.79 Å². The largest absolute Gasteiger partial charge is 0.481 e. The molecule has 1 atom stereocenters. The monoisotopic (exact) mass is 454 g/mol. The van der Waals surface area contributed by atoms with E-state index in [1.165, 1.54) is 0 Å². The van der Waals surface area contributed by atoms with Gasteiger partial charge in [0.15, 0.2) is 0 Å². The molecule has 0 spiro atoms. The van der Waals surface area contributed by atoms with Crippen LogP contribution in [-0.4, -0.2) is 56.0 Å². The number of carboxylic acid groups (broad SMARTS) is 1. The number of ether oxygens (including phenoxy) is 2. The van der Waals surface area contributed by atoms with Gasteiger partial charge in [-0.3, -0.25) is 9.59 Å². The van der Waals surface area contributed by atoms with Crippen LogP contribution in [0.1, 0.15) is 42.7 Å². The van der Waals surface area contributed by atoms with Crippen molar-refractivity contribution in [2.45, 2.75) is 37.6 Å². The van der Waals surface area contributed by atoms with E-state index in [-0.39, 0.29) is 25.4 Å². The zero-order chi connectivity index (χ0) is 23.6. The summed E-state index contributed by atoms with van der Waals surface area (Å²) in [5, 5.41) is 14.3. The summed E-state index contributed by atoms with van der Waals surface area (Å²) in [7, 11) is 1.61. The maximum Gasteiger partial charge on any atom is 0.407 e. The summed E-state index contributed by atoms with van der Waals surface area (Å²) >= 11 is 0. The molecule has 3 rings (SSSR count). The Labute approximate surface area is 193 Å². The highest BCUT2D eigenvalue weighted by atomic mass is 16.5. The number of alkyl carbamates (subject to hydrolysis) is 1. The molecule has 0 radical (unpaired) electrons. The Balaban J connectivity index is 1.58. The molecule has 2 amide bonds. The molecule has 0 heterocycles. The smallest absolute Gasteiger partial charge is 0.407 e. The van der Waals surface area contributed by atoms with Crippen LogP contribution in [0, 0.1) is 0 Å². The lowest BCUT2D eigenvalue weighted by Crippen LogP contribution is -2.47. The number of unbranched alkanes of at least 4 members (excludes halogenated alkanes) is 1. The summed E-state index contributed by atoms with van der Waals surface area (Å²) in [4.78, 5) is 36.0. The second-order valence-electron chi connectivity index (χ2n) is 7.95. The minimum atomic E-state index is -1.04. The second kappa shape index (κ2) is 12.0. The Bertz CT molecular complexity index is 931. The summed E-state index contributed by atoms with van der Waals surface area (Å²) in [6.45, 7) is 1.12. The van der Waals surface area contributed by atoms with Crippen molar-refractivity contribution in [3.63, 3.8) is 0 Å². The molecular weight excluding hydrogens is 424 g/mol. The highest BCUT2D eigenvalue weighted by Gasteiger charge is 2.29. The molecule has 1 aliphatic carbocycles. The topological polar surface area (TPSA) is 114 Å². The molecule has 33 heavy (non-hydrogen) atoms. The van der Waals surface area contributed by atoms with Gasteiger partial charge in [0.2, 0.25) is 5.91 Å². The van der Waals surface area contributed by atoms with Gasteiger partial charge in [0.1, 0.15) is 12.6 Å². The van der Waals surface area contributed by atoms with E-state index in [1.807, 2.05) is 48.5 Å². The van der Waals surface area contributed by atoms with Gasteiger partial charge in [-0.15, -0.1) is 0 Å². The van der Waals surface area contributed by atoms with Crippen LogP contribution in [0.25, 0.3) is 11.1 Å². The molecule has 2 aromatic rings. The molecule has 0 aliphatic heterocycles. The lowest BCUT2D eigenvalue weighted by Gasteiger charge is -2.19. The van der Waals surface area contributed by atoms with Crippen LogP contribution in [0.15, 0.2) is 48.5 Å². The summed E-state index contributed by atoms with van der Waals surface area (Å²) in [5.41, 5.74) is 4.41.